The Balaban J connectivity index is 2.59. The van der Waals surface area contributed by atoms with Crippen LogP contribution in [0.1, 0.15) is 24.0 Å². The first kappa shape index (κ1) is 14.1. The van der Waals surface area contributed by atoms with Crippen LogP contribution in [-0.2, 0) is 10.0 Å². The van der Waals surface area contributed by atoms with Gasteiger partial charge >= 0.3 is 0 Å². The molecule has 5 nitrogen and oxygen atoms in total. The van der Waals surface area contributed by atoms with Gasteiger partial charge in [-0.05, 0) is 43.9 Å². The molecule has 1 heterocycles. The average molecular weight is 284 g/mol. The minimum Gasteiger partial charge on any atom is -0.495 e. The molecule has 1 aromatic rings. The van der Waals surface area contributed by atoms with E-state index in [1.54, 1.807) is 19.9 Å². The Bertz CT molecular complexity index is 590. The van der Waals surface area contributed by atoms with Crippen LogP contribution < -0.4 is 10.5 Å². The molecule has 1 aliphatic rings. The SMILES string of the molecule is COc1cc(C)c(S(=O)(=O)N2CCCC2)c(C)c1N. The van der Waals surface area contributed by atoms with Crippen molar-refractivity contribution < 1.29 is 13.2 Å². The summed E-state index contributed by atoms with van der Waals surface area (Å²) in [5.41, 5.74) is 7.59. The van der Waals surface area contributed by atoms with E-state index in [-0.39, 0.29) is 0 Å². The normalized spacial score (nSPS) is 16.8. The number of rotatable bonds is 3. The number of hydrogen-bond donors (Lipinski definition) is 1. The molecule has 0 bridgehead atoms. The number of aryl methyl sites for hydroxylation is 1. The summed E-state index contributed by atoms with van der Waals surface area (Å²) in [7, 11) is -1.92. The third-order valence-electron chi connectivity index (χ3n) is 3.60. The Morgan fingerprint density at radius 2 is 1.84 bits per heavy atom. The summed E-state index contributed by atoms with van der Waals surface area (Å²) >= 11 is 0. The maximum atomic E-state index is 12.7. The fraction of sp³-hybridized carbons (Fsp3) is 0.538. The van der Waals surface area contributed by atoms with Gasteiger partial charge in [0.05, 0.1) is 17.7 Å². The van der Waals surface area contributed by atoms with Gasteiger partial charge in [-0.15, -0.1) is 0 Å². The fourth-order valence-electron chi connectivity index (χ4n) is 2.57. The Labute approximate surface area is 114 Å². The molecule has 19 heavy (non-hydrogen) atoms. The predicted octanol–water partition coefficient (Wildman–Crippen LogP) is 1.68. The lowest BCUT2D eigenvalue weighted by Gasteiger charge is -2.21. The molecule has 0 unspecified atom stereocenters. The molecule has 106 valence electrons. The number of sulfonamides is 1. The highest BCUT2D eigenvalue weighted by Gasteiger charge is 2.31. The number of nitrogens with two attached hydrogens (primary N) is 1. The van der Waals surface area contributed by atoms with E-state index in [1.165, 1.54) is 11.4 Å². The van der Waals surface area contributed by atoms with Gasteiger partial charge in [0.1, 0.15) is 5.75 Å². The lowest BCUT2D eigenvalue weighted by atomic mass is 10.1. The van der Waals surface area contributed by atoms with E-state index in [2.05, 4.69) is 0 Å². The van der Waals surface area contributed by atoms with Crippen LogP contribution in [0.3, 0.4) is 0 Å². The van der Waals surface area contributed by atoms with Crippen molar-refractivity contribution in [3.05, 3.63) is 17.2 Å². The number of benzene rings is 1. The molecule has 2 rings (SSSR count). The van der Waals surface area contributed by atoms with Gasteiger partial charge in [0.15, 0.2) is 0 Å². The van der Waals surface area contributed by atoms with E-state index in [4.69, 9.17) is 10.5 Å². The zero-order chi connectivity index (χ0) is 14.2. The number of nitrogens with zero attached hydrogens (tertiary/aromatic N) is 1. The molecule has 1 saturated heterocycles. The first-order chi connectivity index (χ1) is 8.89. The number of methoxy groups -OCH3 is 1. The van der Waals surface area contributed by atoms with Crippen LogP contribution in [0, 0.1) is 13.8 Å². The van der Waals surface area contributed by atoms with Crippen molar-refractivity contribution in [2.75, 3.05) is 25.9 Å². The highest BCUT2D eigenvalue weighted by atomic mass is 32.2. The van der Waals surface area contributed by atoms with E-state index < -0.39 is 10.0 Å². The van der Waals surface area contributed by atoms with Crippen LogP contribution in [0.25, 0.3) is 0 Å². The molecule has 0 aromatic heterocycles. The smallest absolute Gasteiger partial charge is 0.243 e. The van der Waals surface area contributed by atoms with E-state index in [1.807, 2.05) is 0 Å². The Morgan fingerprint density at radius 1 is 1.26 bits per heavy atom. The molecule has 0 radical (unpaired) electrons. The predicted molar refractivity (Wildman–Crippen MR) is 74.9 cm³/mol. The lowest BCUT2D eigenvalue weighted by molar-refractivity contribution is 0.415. The topological polar surface area (TPSA) is 72.6 Å². The third kappa shape index (κ3) is 2.30. The third-order valence-corrected chi connectivity index (χ3v) is 5.79. The first-order valence-electron chi connectivity index (χ1n) is 6.33. The molecule has 1 aromatic carbocycles. The maximum absolute atomic E-state index is 12.7. The average Bonchev–Trinajstić information content (AvgIpc) is 2.88. The molecule has 0 atom stereocenters. The van der Waals surface area contributed by atoms with Crippen LogP contribution in [0.4, 0.5) is 5.69 Å². The van der Waals surface area contributed by atoms with E-state index in [0.717, 1.165) is 12.8 Å². The number of nitrogen functional groups attached to an aromatic ring is 1. The molecule has 1 aliphatic heterocycles. The number of anilines is 1. The van der Waals surface area contributed by atoms with Crippen molar-refractivity contribution in [1.29, 1.82) is 0 Å². The van der Waals surface area contributed by atoms with Crippen LogP contribution in [0.5, 0.6) is 5.75 Å². The second-order valence-corrected chi connectivity index (χ2v) is 6.75. The summed E-state index contributed by atoms with van der Waals surface area (Å²) in [6.07, 6.45) is 1.84. The monoisotopic (exact) mass is 284 g/mol. The van der Waals surface area contributed by atoms with E-state index in [9.17, 15) is 8.42 Å². The largest absolute Gasteiger partial charge is 0.495 e. The summed E-state index contributed by atoms with van der Waals surface area (Å²) < 4.78 is 32.0. The summed E-state index contributed by atoms with van der Waals surface area (Å²) in [5, 5.41) is 0. The molecule has 0 amide bonds. The van der Waals surface area contributed by atoms with Crippen LogP contribution in [0.2, 0.25) is 0 Å². The Kier molecular flexibility index (Phi) is 3.73. The zero-order valence-corrected chi connectivity index (χ0v) is 12.4. The summed E-state index contributed by atoms with van der Waals surface area (Å²) in [6.45, 7) is 4.69. The van der Waals surface area contributed by atoms with Gasteiger partial charge in [-0.25, -0.2) is 8.42 Å². The minimum absolute atomic E-state index is 0.327. The molecular weight excluding hydrogens is 264 g/mol. The van der Waals surface area contributed by atoms with Gasteiger partial charge in [0.25, 0.3) is 0 Å². The van der Waals surface area contributed by atoms with Crippen molar-refractivity contribution in [3.63, 3.8) is 0 Å². The van der Waals surface area contributed by atoms with Gasteiger partial charge in [0, 0.05) is 13.1 Å². The van der Waals surface area contributed by atoms with Crippen LogP contribution in [-0.4, -0.2) is 32.9 Å². The first-order valence-corrected chi connectivity index (χ1v) is 7.77. The standard InChI is InChI=1S/C13H20N2O3S/c1-9-8-11(18-3)12(14)10(2)13(9)19(16,17)15-6-4-5-7-15/h8H,4-7,14H2,1-3H3. The molecule has 0 spiro atoms. The van der Waals surface area contributed by atoms with E-state index >= 15 is 0 Å². The van der Waals surface area contributed by atoms with Gasteiger partial charge in [0.2, 0.25) is 10.0 Å². The van der Waals surface area contributed by atoms with Crippen molar-refractivity contribution in [2.45, 2.75) is 31.6 Å². The lowest BCUT2D eigenvalue weighted by Crippen LogP contribution is -2.29. The van der Waals surface area contributed by atoms with Crippen molar-refractivity contribution in [2.24, 2.45) is 0 Å². The van der Waals surface area contributed by atoms with Crippen LogP contribution in [0.15, 0.2) is 11.0 Å². The fourth-order valence-corrected chi connectivity index (χ4v) is 4.53. The molecule has 0 aliphatic carbocycles. The highest BCUT2D eigenvalue weighted by molar-refractivity contribution is 7.89. The zero-order valence-electron chi connectivity index (χ0n) is 11.6. The second kappa shape index (κ2) is 5.02. The molecular formula is C13H20N2O3S. The number of hydrogen-bond acceptors (Lipinski definition) is 4. The quantitative estimate of drug-likeness (QED) is 0.857. The van der Waals surface area contributed by atoms with Gasteiger partial charge in [-0.2, -0.15) is 4.31 Å². The Hall–Kier alpha value is -1.27. The maximum Gasteiger partial charge on any atom is 0.243 e. The Morgan fingerprint density at radius 3 is 2.37 bits per heavy atom. The summed E-state index contributed by atoms with van der Waals surface area (Å²) in [6, 6.07) is 1.69. The molecule has 2 N–H and O–H groups in total. The molecule has 0 saturated carbocycles. The van der Waals surface area contributed by atoms with Gasteiger partial charge < -0.3 is 10.5 Å². The summed E-state index contributed by atoms with van der Waals surface area (Å²) in [4.78, 5) is 0.327. The van der Waals surface area contributed by atoms with Crippen molar-refractivity contribution in [1.82, 2.24) is 4.31 Å². The van der Waals surface area contributed by atoms with E-state index in [0.29, 0.717) is 40.5 Å². The molecule has 1 fully saturated rings. The minimum atomic E-state index is -3.45. The second-order valence-electron chi connectivity index (χ2n) is 4.87. The highest BCUT2D eigenvalue weighted by Crippen LogP contribution is 2.35. The number of ether oxygens (including phenoxy) is 1. The van der Waals surface area contributed by atoms with Crippen molar-refractivity contribution in [3.8, 4) is 5.75 Å². The van der Waals surface area contributed by atoms with Crippen molar-refractivity contribution >= 4 is 15.7 Å². The van der Waals surface area contributed by atoms with Gasteiger partial charge in [-0.1, -0.05) is 0 Å². The molecule has 6 heteroatoms. The van der Waals surface area contributed by atoms with Crippen LogP contribution >= 0.6 is 0 Å². The summed E-state index contributed by atoms with van der Waals surface area (Å²) in [5.74, 6) is 0.523. The van der Waals surface area contributed by atoms with Gasteiger partial charge in [-0.3, -0.25) is 0 Å².